The number of carbonyl (C=O) groups excluding carboxylic acids is 1. The number of carboxylic acid groups (broad SMARTS) is 1. The molecule has 3 rings (SSSR count). The van der Waals surface area contributed by atoms with E-state index in [9.17, 15) is 14.7 Å². The van der Waals surface area contributed by atoms with Gasteiger partial charge >= 0.3 is 5.97 Å². The molecule has 0 saturated heterocycles. The lowest BCUT2D eigenvalue weighted by molar-refractivity contribution is -0.170. The number of Topliss-reactive ketones (excluding diaryl/α,β-unsaturated/α-hetero) is 1. The Bertz CT molecular complexity index is 610. The number of unbranched alkanes of at least 4 members (excludes halogenated alkanes) is 4. The molecule has 1 N–H and O–H groups in total. The first-order valence-electron chi connectivity index (χ1n) is 12.1. The Hall–Kier alpha value is -0.900. The molecule has 29 heavy (non-hydrogen) atoms. The standard InChI is InChI=1S/C25H42O4/c1-5-6-7-8-11-16-24(22(27)28,19-12-9-10-13-19)25-20(23(25,3)17-29-4)15-14-18(2)21(25)26/h18-20H,5-17H2,1-4H3,(H,27,28). The Morgan fingerprint density at radius 1 is 1.14 bits per heavy atom. The number of fused-ring (bicyclic) bond motifs is 1. The molecule has 0 aromatic heterocycles. The molecule has 3 saturated carbocycles. The molecule has 3 aliphatic rings. The minimum absolute atomic E-state index is 0.0369. The molecule has 4 heteroatoms. The number of aliphatic carboxylic acids is 1. The third-order valence-corrected chi connectivity index (χ3v) is 9.09. The van der Waals surface area contributed by atoms with Gasteiger partial charge in [-0.1, -0.05) is 65.7 Å². The average Bonchev–Trinajstić information content (AvgIpc) is 3.02. The van der Waals surface area contributed by atoms with Crippen molar-refractivity contribution in [2.75, 3.05) is 13.7 Å². The smallest absolute Gasteiger partial charge is 0.310 e. The van der Waals surface area contributed by atoms with Crippen molar-refractivity contribution in [3.63, 3.8) is 0 Å². The van der Waals surface area contributed by atoms with E-state index in [1.54, 1.807) is 7.11 Å². The zero-order valence-corrected chi connectivity index (χ0v) is 19.1. The summed E-state index contributed by atoms with van der Waals surface area (Å²) in [6, 6.07) is 0. The van der Waals surface area contributed by atoms with Crippen molar-refractivity contribution in [1.82, 2.24) is 0 Å². The maximum absolute atomic E-state index is 13.9. The number of hydrogen-bond acceptors (Lipinski definition) is 3. The Labute approximate surface area is 177 Å². The van der Waals surface area contributed by atoms with Crippen molar-refractivity contribution in [3.05, 3.63) is 0 Å². The van der Waals surface area contributed by atoms with Crippen LogP contribution in [0, 0.1) is 34.0 Å². The topological polar surface area (TPSA) is 63.6 Å². The fourth-order valence-corrected chi connectivity index (χ4v) is 7.86. The SMILES string of the molecule is CCCCCCCC(C(=O)O)(C1CCCC1)C12C(=O)C(C)CCC1C2(C)COC. The van der Waals surface area contributed by atoms with Crippen LogP contribution in [0.3, 0.4) is 0 Å². The Morgan fingerprint density at radius 2 is 1.79 bits per heavy atom. The summed E-state index contributed by atoms with van der Waals surface area (Å²) in [6.45, 7) is 6.87. The summed E-state index contributed by atoms with van der Waals surface area (Å²) >= 11 is 0. The molecule has 4 nitrogen and oxygen atoms in total. The van der Waals surface area contributed by atoms with Crippen LogP contribution in [0.25, 0.3) is 0 Å². The van der Waals surface area contributed by atoms with E-state index in [0.717, 1.165) is 57.8 Å². The van der Waals surface area contributed by atoms with E-state index in [-0.39, 0.29) is 29.0 Å². The average molecular weight is 407 g/mol. The maximum atomic E-state index is 13.9. The van der Waals surface area contributed by atoms with Gasteiger partial charge in [-0.05, 0) is 43.9 Å². The van der Waals surface area contributed by atoms with Crippen molar-refractivity contribution < 1.29 is 19.4 Å². The van der Waals surface area contributed by atoms with Gasteiger partial charge in [-0.3, -0.25) is 9.59 Å². The van der Waals surface area contributed by atoms with Gasteiger partial charge in [0.15, 0.2) is 0 Å². The van der Waals surface area contributed by atoms with Crippen LogP contribution in [0.5, 0.6) is 0 Å². The molecule has 5 atom stereocenters. The van der Waals surface area contributed by atoms with Crippen LogP contribution < -0.4 is 0 Å². The lowest BCUT2D eigenvalue weighted by Crippen LogP contribution is -2.54. The van der Waals surface area contributed by atoms with Crippen molar-refractivity contribution >= 4 is 11.8 Å². The van der Waals surface area contributed by atoms with Gasteiger partial charge in [0, 0.05) is 18.4 Å². The van der Waals surface area contributed by atoms with Crippen LogP contribution in [0.2, 0.25) is 0 Å². The molecule has 0 amide bonds. The predicted octanol–water partition coefficient (Wildman–Crippen LogP) is 5.88. The van der Waals surface area contributed by atoms with Crippen molar-refractivity contribution in [3.8, 4) is 0 Å². The molecule has 166 valence electrons. The van der Waals surface area contributed by atoms with E-state index < -0.39 is 16.8 Å². The van der Waals surface area contributed by atoms with Crippen LogP contribution >= 0.6 is 0 Å². The summed E-state index contributed by atoms with van der Waals surface area (Å²) < 4.78 is 5.62. The largest absolute Gasteiger partial charge is 0.481 e. The summed E-state index contributed by atoms with van der Waals surface area (Å²) in [7, 11) is 1.69. The molecule has 0 bridgehead atoms. The molecule has 0 radical (unpaired) electrons. The summed E-state index contributed by atoms with van der Waals surface area (Å²) in [4.78, 5) is 27.1. The van der Waals surface area contributed by atoms with Gasteiger partial charge in [0.25, 0.3) is 0 Å². The molecule has 3 fully saturated rings. The zero-order valence-electron chi connectivity index (χ0n) is 19.1. The lowest BCUT2D eigenvalue weighted by Gasteiger charge is -2.46. The number of methoxy groups -OCH3 is 1. The number of carbonyl (C=O) groups is 2. The van der Waals surface area contributed by atoms with Crippen LogP contribution in [-0.2, 0) is 14.3 Å². The van der Waals surface area contributed by atoms with E-state index in [2.05, 4.69) is 13.8 Å². The Balaban J connectivity index is 2.05. The van der Waals surface area contributed by atoms with E-state index >= 15 is 0 Å². The normalized spacial score (nSPS) is 36.6. The Kier molecular flexibility index (Phi) is 6.82. The molecule has 0 aromatic rings. The molecule has 0 heterocycles. The summed E-state index contributed by atoms with van der Waals surface area (Å²) in [6.07, 6.45) is 12.2. The minimum atomic E-state index is -0.917. The maximum Gasteiger partial charge on any atom is 0.310 e. The Morgan fingerprint density at radius 3 is 2.38 bits per heavy atom. The first-order valence-corrected chi connectivity index (χ1v) is 12.1. The molecule has 5 unspecified atom stereocenters. The first kappa shape index (κ1) is 22.8. The fraction of sp³-hybridized carbons (Fsp3) is 0.920. The second kappa shape index (κ2) is 8.69. The number of carboxylic acids is 1. The van der Waals surface area contributed by atoms with Gasteiger partial charge in [0.2, 0.25) is 0 Å². The van der Waals surface area contributed by atoms with Crippen molar-refractivity contribution in [2.45, 2.75) is 97.8 Å². The van der Waals surface area contributed by atoms with Crippen molar-refractivity contribution in [2.24, 2.45) is 34.0 Å². The van der Waals surface area contributed by atoms with Crippen LogP contribution in [0.15, 0.2) is 0 Å². The van der Waals surface area contributed by atoms with Gasteiger partial charge in [-0.2, -0.15) is 0 Å². The van der Waals surface area contributed by atoms with Gasteiger partial charge < -0.3 is 9.84 Å². The van der Waals surface area contributed by atoms with Crippen LogP contribution in [-0.4, -0.2) is 30.6 Å². The molecule has 0 aromatic carbocycles. The molecule has 0 aliphatic heterocycles. The van der Waals surface area contributed by atoms with Gasteiger partial charge in [0.1, 0.15) is 5.78 Å². The number of hydrogen-bond donors (Lipinski definition) is 1. The zero-order chi connectivity index (χ0) is 21.3. The molecular weight excluding hydrogens is 364 g/mol. The van der Waals surface area contributed by atoms with E-state index in [4.69, 9.17) is 4.74 Å². The van der Waals surface area contributed by atoms with E-state index in [0.29, 0.717) is 13.0 Å². The third kappa shape index (κ3) is 3.20. The van der Waals surface area contributed by atoms with Gasteiger partial charge in [0.05, 0.1) is 17.4 Å². The summed E-state index contributed by atoms with van der Waals surface area (Å²) in [5, 5.41) is 10.8. The van der Waals surface area contributed by atoms with Crippen molar-refractivity contribution in [1.29, 1.82) is 0 Å². The third-order valence-electron chi connectivity index (χ3n) is 9.09. The monoisotopic (exact) mass is 406 g/mol. The fourth-order valence-electron chi connectivity index (χ4n) is 7.86. The van der Waals surface area contributed by atoms with E-state index in [1.165, 1.54) is 12.8 Å². The van der Waals surface area contributed by atoms with Crippen LogP contribution in [0.1, 0.15) is 97.8 Å². The second-order valence-corrected chi connectivity index (χ2v) is 10.5. The van der Waals surface area contributed by atoms with Gasteiger partial charge in [-0.15, -0.1) is 0 Å². The molecule has 3 aliphatic carbocycles. The highest BCUT2D eigenvalue weighted by Crippen LogP contribution is 2.83. The lowest BCUT2D eigenvalue weighted by atomic mass is 9.54. The number of ether oxygens (including phenoxy) is 1. The minimum Gasteiger partial charge on any atom is -0.481 e. The number of ketones is 1. The highest BCUT2D eigenvalue weighted by molar-refractivity contribution is 5.98. The van der Waals surface area contributed by atoms with Gasteiger partial charge in [-0.25, -0.2) is 0 Å². The predicted molar refractivity (Wildman–Crippen MR) is 115 cm³/mol. The highest BCUT2D eigenvalue weighted by Gasteiger charge is 2.87. The van der Waals surface area contributed by atoms with E-state index in [1.807, 2.05) is 6.92 Å². The quantitative estimate of drug-likeness (QED) is 0.435. The van der Waals surface area contributed by atoms with Crippen LogP contribution in [0.4, 0.5) is 0 Å². The summed E-state index contributed by atoms with van der Waals surface area (Å²) in [5.74, 6) is -0.221. The second-order valence-electron chi connectivity index (χ2n) is 10.5. The first-order chi connectivity index (χ1) is 13.8. The molecular formula is C25H42O4. The summed E-state index contributed by atoms with van der Waals surface area (Å²) in [5.41, 5.74) is -1.99. The number of rotatable bonds is 11. The molecule has 0 spiro atoms. The highest BCUT2D eigenvalue weighted by atomic mass is 16.5.